The average Bonchev–Trinajstić information content (AvgIpc) is 2.69. The molecule has 0 aliphatic carbocycles. The van der Waals surface area contributed by atoms with Crippen molar-refractivity contribution in [1.29, 1.82) is 0 Å². The predicted molar refractivity (Wildman–Crippen MR) is 123 cm³/mol. The van der Waals surface area contributed by atoms with Crippen LogP contribution in [0.2, 0.25) is 0 Å². The Bertz CT molecular complexity index is 1240. The number of benzene rings is 3. The molecule has 3 nitrogen and oxygen atoms in total. The summed E-state index contributed by atoms with van der Waals surface area (Å²) in [6, 6.07) is 21.4. The third-order valence-electron chi connectivity index (χ3n) is 4.44. The van der Waals surface area contributed by atoms with Crippen LogP contribution in [0.25, 0.3) is 28.7 Å². The minimum absolute atomic E-state index is 0.0920. The molecular formula is C23H16Br2N2O. The minimum Gasteiger partial charge on any atom is -0.268 e. The van der Waals surface area contributed by atoms with Crippen molar-refractivity contribution in [2.75, 3.05) is 0 Å². The van der Waals surface area contributed by atoms with Crippen LogP contribution in [-0.4, -0.2) is 9.55 Å². The maximum Gasteiger partial charge on any atom is 0.266 e. The average molecular weight is 496 g/mol. The molecule has 0 fully saturated rings. The van der Waals surface area contributed by atoms with Crippen LogP contribution in [0.15, 0.2) is 80.5 Å². The summed E-state index contributed by atoms with van der Waals surface area (Å²) >= 11 is 6.90. The molecule has 4 rings (SSSR count). The lowest BCUT2D eigenvalue weighted by atomic mass is 10.2. The standard InChI is InChI=1S/C23H16Br2N2O/c1-15-2-10-19(11-3-15)27-22(13-6-16-4-7-17(24)8-5-16)26-21-12-9-18(25)14-20(21)23(27)28/h2-14H,1H3. The van der Waals surface area contributed by atoms with E-state index < -0.39 is 0 Å². The number of fused-ring (bicyclic) bond motifs is 1. The van der Waals surface area contributed by atoms with E-state index in [0.29, 0.717) is 16.7 Å². The van der Waals surface area contributed by atoms with Gasteiger partial charge < -0.3 is 0 Å². The van der Waals surface area contributed by atoms with Crippen molar-refractivity contribution < 1.29 is 0 Å². The molecule has 0 atom stereocenters. The monoisotopic (exact) mass is 494 g/mol. The molecule has 0 unspecified atom stereocenters. The third-order valence-corrected chi connectivity index (χ3v) is 5.47. The van der Waals surface area contributed by atoms with Crippen molar-refractivity contribution in [3.8, 4) is 5.69 Å². The smallest absolute Gasteiger partial charge is 0.266 e. The van der Waals surface area contributed by atoms with E-state index in [4.69, 9.17) is 4.98 Å². The van der Waals surface area contributed by atoms with Crippen LogP contribution in [0.1, 0.15) is 17.0 Å². The van der Waals surface area contributed by atoms with Crippen LogP contribution in [0, 0.1) is 6.92 Å². The summed E-state index contributed by atoms with van der Waals surface area (Å²) in [5, 5.41) is 0.579. The fourth-order valence-electron chi connectivity index (χ4n) is 2.97. The first kappa shape index (κ1) is 18.8. The van der Waals surface area contributed by atoms with Crippen molar-refractivity contribution in [1.82, 2.24) is 9.55 Å². The molecule has 138 valence electrons. The van der Waals surface area contributed by atoms with E-state index in [9.17, 15) is 4.79 Å². The van der Waals surface area contributed by atoms with Crippen LogP contribution in [0.3, 0.4) is 0 Å². The van der Waals surface area contributed by atoms with Gasteiger partial charge in [0, 0.05) is 8.95 Å². The highest BCUT2D eigenvalue weighted by atomic mass is 79.9. The lowest BCUT2D eigenvalue weighted by Gasteiger charge is -2.12. The fraction of sp³-hybridized carbons (Fsp3) is 0.0435. The lowest BCUT2D eigenvalue weighted by molar-refractivity contribution is 0.943. The molecule has 0 radical (unpaired) electrons. The lowest BCUT2D eigenvalue weighted by Crippen LogP contribution is -2.22. The first-order valence-electron chi connectivity index (χ1n) is 8.74. The van der Waals surface area contributed by atoms with E-state index in [0.717, 1.165) is 25.8 Å². The molecule has 0 saturated heterocycles. The van der Waals surface area contributed by atoms with Gasteiger partial charge in [-0.15, -0.1) is 0 Å². The summed E-state index contributed by atoms with van der Waals surface area (Å²) in [7, 11) is 0. The van der Waals surface area contributed by atoms with Crippen molar-refractivity contribution in [3.05, 3.63) is 103 Å². The SMILES string of the molecule is Cc1ccc(-n2c(C=Cc3ccc(Br)cc3)nc3ccc(Br)cc3c2=O)cc1. The predicted octanol–water partition coefficient (Wildman–Crippen LogP) is 6.39. The summed E-state index contributed by atoms with van der Waals surface area (Å²) in [6.45, 7) is 2.02. The summed E-state index contributed by atoms with van der Waals surface area (Å²) in [5.41, 5.74) is 3.54. The molecule has 0 aliphatic heterocycles. The van der Waals surface area contributed by atoms with Gasteiger partial charge in [0.25, 0.3) is 5.56 Å². The number of nitrogens with zero attached hydrogens (tertiary/aromatic N) is 2. The fourth-order valence-corrected chi connectivity index (χ4v) is 3.60. The largest absolute Gasteiger partial charge is 0.268 e. The number of aryl methyl sites for hydroxylation is 1. The molecule has 0 N–H and O–H groups in total. The van der Waals surface area contributed by atoms with Gasteiger partial charge in [0.05, 0.1) is 16.6 Å². The Morgan fingerprint density at radius 3 is 2.25 bits per heavy atom. The van der Waals surface area contributed by atoms with Crippen LogP contribution in [0.4, 0.5) is 0 Å². The Balaban J connectivity index is 1.93. The maximum absolute atomic E-state index is 13.3. The van der Waals surface area contributed by atoms with Crippen molar-refractivity contribution in [2.45, 2.75) is 6.92 Å². The Morgan fingerprint density at radius 1 is 0.857 bits per heavy atom. The number of rotatable bonds is 3. The zero-order chi connectivity index (χ0) is 19.7. The van der Waals surface area contributed by atoms with Crippen LogP contribution in [0.5, 0.6) is 0 Å². The van der Waals surface area contributed by atoms with Gasteiger partial charge in [-0.3, -0.25) is 9.36 Å². The Hall–Kier alpha value is -2.50. The first-order valence-corrected chi connectivity index (χ1v) is 10.3. The number of hydrogen-bond donors (Lipinski definition) is 0. The minimum atomic E-state index is -0.0920. The van der Waals surface area contributed by atoms with Crippen LogP contribution < -0.4 is 5.56 Å². The van der Waals surface area contributed by atoms with E-state index in [2.05, 4.69) is 31.9 Å². The number of aromatic nitrogens is 2. The van der Waals surface area contributed by atoms with Crippen LogP contribution in [-0.2, 0) is 0 Å². The van der Waals surface area contributed by atoms with Gasteiger partial charge in [0.15, 0.2) is 0 Å². The quantitative estimate of drug-likeness (QED) is 0.330. The molecule has 1 aromatic heterocycles. The first-order chi connectivity index (χ1) is 13.5. The second-order valence-electron chi connectivity index (χ2n) is 6.49. The molecule has 0 saturated carbocycles. The summed E-state index contributed by atoms with van der Waals surface area (Å²) in [6.07, 6.45) is 3.84. The van der Waals surface area contributed by atoms with Gasteiger partial charge in [-0.1, -0.05) is 67.8 Å². The zero-order valence-electron chi connectivity index (χ0n) is 15.1. The topological polar surface area (TPSA) is 34.9 Å². The van der Waals surface area contributed by atoms with Crippen molar-refractivity contribution >= 4 is 54.9 Å². The normalized spacial score (nSPS) is 11.4. The van der Waals surface area contributed by atoms with Gasteiger partial charge >= 0.3 is 0 Å². The Labute approximate surface area is 179 Å². The molecule has 0 spiro atoms. The molecule has 28 heavy (non-hydrogen) atoms. The highest BCUT2D eigenvalue weighted by molar-refractivity contribution is 9.10. The zero-order valence-corrected chi connectivity index (χ0v) is 18.2. The Morgan fingerprint density at radius 2 is 1.54 bits per heavy atom. The van der Waals surface area contributed by atoms with E-state index >= 15 is 0 Å². The summed E-state index contributed by atoms with van der Waals surface area (Å²) in [4.78, 5) is 18.1. The van der Waals surface area contributed by atoms with Crippen molar-refractivity contribution in [2.24, 2.45) is 0 Å². The molecule has 0 bridgehead atoms. The maximum atomic E-state index is 13.3. The Kier molecular flexibility index (Phi) is 5.29. The van der Waals surface area contributed by atoms with Gasteiger partial charge in [-0.25, -0.2) is 4.98 Å². The number of hydrogen-bond acceptors (Lipinski definition) is 2. The van der Waals surface area contributed by atoms with Crippen molar-refractivity contribution in [3.63, 3.8) is 0 Å². The highest BCUT2D eigenvalue weighted by Gasteiger charge is 2.11. The van der Waals surface area contributed by atoms with Gasteiger partial charge in [-0.2, -0.15) is 0 Å². The molecular weight excluding hydrogens is 480 g/mol. The van der Waals surface area contributed by atoms with E-state index in [1.54, 1.807) is 4.57 Å². The molecule has 5 heteroatoms. The second kappa shape index (κ2) is 7.86. The van der Waals surface area contributed by atoms with Crippen LogP contribution >= 0.6 is 31.9 Å². The van der Waals surface area contributed by atoms with E-state index in [1.807, 2.05) is 85.8 Å². The summed E-state index contributed by atoms with van der Waals surface area (Å²) in [5.74, 6) is 0.589. The molecule has 4 aromatic rings. The van der Waals surface area contributed by atoms with E-state index in [1.165, 1.54) is 0 Å². The molecule has 0 amide bonds. The summed E-state index contributed by atoms with van der Waals surface area (Å²) < 4.78 is 3.53. The van der Waals surface area contributed by atoms with Gasteiger partial charge in [0.2, 0.25) is 0 Å². The molecule has 1 heterocycles. The van der Waals surface area contributed by atoms with Gasteiger partial charge in [-0.05, 0) is 61.0 Å². The second-order valence-corrected chi connectivity index (χ2v) is 8.32. The third kappa shape index (κ3) is 3.86. The van der Waals surface area contributed by atoms with Gasteiger partial charge in [0.1, 0.15) is 5.82 Å². The van der Waals surface area contributed by atoms with E-state index in [-0.39, 0.29) is 5.56 Å². The highest BCUT2D eigenvalue weighted by Crippen LogP contribution is 2.20. The molecule has 0 aliphatic rings. The molecule has 3 aromatic carbocycles. The number of halogens is 2.